The highest BCUT2D eigenvalue weighted by Gasteiger charge is 2.29. The highest BCUT2D eigenvalue weighted by molar-refractivity contribution is 7.93. The van der Waals surface area contributed by atoms with Crippen LogP contribution in [0.25, 0.3) is 89.7 Å². The molecule has 8 bridgehead atoms. The maximum atomic E-state index is 14.2. The third-order valence-electron chi connectivity index (χ3n) is 14.5. The van der Waals surface area contributed by atoms with E-state index in [4.69, 9.17) is 29.9 Å². The van der Waals surface area contributed by atoms with E-state index in [9.17, 15) is 73.3 Å². The largest absolute Gasteiger partial charge is 0.478 e. The van der Waals surface area contributed by atoms with Gasteiger partial charge in [-0.3, -0.25) is 18.9 Å². The predicted octanol–water partition coefficient (Wildman–Crippen LogP) is 8.87. The summed E-state index contributed by atoms with van der Waals surface area (Å²) in [7, 11) is -17.9. The molecule has 0 amide bonds. The molecule has 0 atom stereocenters. The number of sulfonamides is 4. The first kappa shape index (κ1) is 59.0. The SMILES string of the molecule is O=C(O)c1ccc(NS(=O)(=O)c2ccc3c(c2)-c2nc-3nc3[nH]c(nc4nc(nc5[nH]c(n2)c2ccc(S(=O)(=O)Nc6ccc(C(=O)O)cc6)cc52)-c2ccc(S(=O)(=O)Nc5ccc(C(=O)O)cc5)cc2-4)c2ccc(S(=O)(=O)Nc4ccc(C(=O)O)cc4)cc32)cc1. The Bertz CT molecular complexity index is 5360. The third kappa shape index (κ3) is 11.1. The van der Waals surface area contributed by atoms with E-state index in [1.54, 1.807) is 0 Å². The summed E-state index contributed by atoms with van der Waals surface area (Å²) in [6.45, 7) is 0. The number of carboxylic acids is 4. The predicted molar refractivity (Wildman–Crippen MR) is 333 cm³/mol. The maximum Gasteiger partial charge on any atom is 0.335 e. The van der Waals surface area contributed by atoms with Gasteiger partial charge < -0.3 is 30.4 Å². The molecule has 0 radical (unpaired) electrons. The molecule has 28 nitrogen and oxygen atoms in total. The van der Waals surface area contributed by atoms with Gasteiger partial charge in [0.1, 0.15) is 22.6 Å². The van der Waals surface area contributed by atoms with Crippen LogP contribution in [0.15, 0.2) is 189 Å². The minimum Gasteiger partial charge on any atom is -0.478 e. The zero-order valence-electron chi connectivity index (χ0n) is 46.2. The Balaban J connectivity index is 1.05. The molecule has 10 N–H and O–H groups in total. The third-order valence-corrected chi connectivity index (χ3v) is 20.0. The van der Waals surface area contributed by atoms with Gasteiger partial charge in [0.15, 0.2) is 23.3 Å². The quantitative estimate of drug-likeness (QED) is 0.0431. The van der Waals surface area contributed by atoms with E-state index in [2.05, 4.69) is 28.9 Å². The van der Waals surface area contributed by atoms with Crippen LogP contribution < -0.4 is 18.9 Å². The van der Waals surface area contributed by atoms with Crippen molar-refractivity contribution in [2.45, 2.75) is 19.6 Å². The second-order valence-electron chi connectivity index (χ2n) is 20.4. The lowest BCUT2D eigenvalue weighted by Gasteiger charge is -2.10. The fourth-order valence-electron chi connectivity index (χ4n) is 9.96. The molecule has 0 spiro atoms. The van der Waals surface area contributed by atoms with E-state index in [1.807, 2.05) is 0 Å². The normalized spacial score (nSPS) is 12.2. The smallest absolute Gasteiger partial charge is 0.335 e. The Morgan fingerprint density at radius 2 is 0.522 bits per heavy atom. The number of carboxylic acid groups (broad SMARTS) is 4. The van der Waals surface area contributed by atoms with Crippen molar-refractivity contribution in [3.05, 3.63) is 192 Å². The van der Waals surface area contributed by atoms with Gasteiger partial charge in [0.25, 0.3) is 40.1 Å². The molecule has 2 aliphatic heterocycles. The Labute approximate surface area is 517 Å². The first-order valence-electron chi connectivity index (χ1n) is 26.6. The molecular formula is C60H38N12O16S4. The van der Waals surface area contributed by atoms with Gasteiger partial charge in [-0.15, -0.1) is 0 Å². The van der Waals surface area contributed by atoms with Crippen LogP contribution in [0.3, 0.4) is 0 Å². The van der Waals surface area contributed by atoms with Gasteiger partial charge in [0, 0.05) is 66.5 Å². The van der Waals surface area contributed by atoms with Gasteiger partial charge in [-0.1, -0.05) is 0 Å². The molecular weight excluding hydrogens is 1270 g/mol. The summed E-state index contributed by atoms with van der Waals surface area (Å²) in [5.74, 6) is -5.55. The van der Waals surface area contributed by atoms with Crippen molar-refractivity contribution < 1.29 is 73.3 Å². The highest BCUT2D eigenvalue weighted by Crippen LogP contribution is 2.40. The van der Waals surface area contributed by atoms with Crippen molar-refractivity contribution in [1.82, 2.24) is 39.9 Å². The highest BCUT2D eigenvalue weighted by atomic mass is 32.2. The van der Waals surface area contributed by atoms with Gasteiger partial charge in [-0.05, 0) is 170 Å². The number of benzene rings is 8. The van der Waals surface area contributed by atoms with Crippen molar-refractivity contribution in [3.8, 4) is 45.6 Å². The molecule has 8 aromatic carbocycles. The van der Waals surface area contributed by atoms with E-state index in [1.165, 1.54) is 170 Å². The molecule has 5 heterocycles. The molecule has 13 rings (SSSR count). The van der Waals surface area contributed by atoms with Crippen molar-refractivity contribution in [2.24, 2.45) is 0 Å². The number of hydrogen-bond acceptors (Lipinski definition) is 18. The Hall–Kier alpha value is -12.0. The molecule has 3 aromatic heterocycles. The first-order valence-corrected chi connectivity index (χ1v) is 32.5. The minimum atomic E-state index is -4.48. The van der Waals surface area contributed by atoms with Gasteiger partial charge in [-0.25, -0.2) is 82.8 Å². The second-order valence-corrected chi connectivity index (χ2v) is 27.1. The van der Waals surface area contributed by atoms with Crippen LogP contribution in [0.4, 0.5) is 22.7 Å². The number of anilines is 4. The fraction of sp³-hybridized carbons (Fsp3) is 0. The van der Waals surface area contributed by atoms with Gasteiger partial charge in [0.05, 0.1) is 41.8 Å². The van der Waals surface area contributed by atoms with E-state index >= 15 is 0 Å². The summed E-state index contributed by atoms with van der Waals surface area (Å²) >= 11 is 0. The molecule has 32 heteroatoms. The number of hydrogen-bond donors (Lipinski definition) is 10. The van der Waals surface area contributed by atoms with Crippen LogP contribution in [0, 0.1) is 0 Å². The lowest BCUT2D eigenvalue weighted by atomic mass is 10.1. The minimum absolute atomic E-state index is 0.0200. The lowest BCUT2D eigenvalue weighted by Crippen LogP contribution is -2.13. The second kappa shape index (κ2) is 21.9. The van der Waals surface area contributed by atoms with Gasteiger partial charge >= 0.3 is 23.9 Å². The molecule has 92 heavy (non-hydrogen) atoms. The van der Waals surface area contributed by atoms with Crippen LogP contribution >= 0.6 is 0 Å². The van der Waals surface area contributed by atoms with Crippen LogP contribution in [0.2, 0.25) is 0 Å². The van der Waals surface area contributed by atoms with Crippen molar-refractivity contribution in [2.75, 3.05) is 18.9 Å². The molecule has 0 saturated heterocycles. The van der Waals surface area contributed by atoms with Crippen LogP contribution in [0.5, 0.6) is 0 Å². The van der Waals surface area contributed by atoms with E-state index in [0.717, 1.165) is 0 Å². The monoisotopic (exact) mass is 1310 g/mol. The summed E-state index contributed by atoms with van der Waals surface area (Å²) in [5, 5.41) is 38.4. The lowest BCUT2D eigenvalue weighted by molar-refractivity contribution is 0.0686. The van der Waals surface area contributed by atoms with Crippen molar-refractivity contribution in [1.29, 1.82) is 0 Å². The zero-order valence-corrected chi connectivity index (χ0v) is 49.4. The molecule has 2 aliphatic rings. The number of aromatic carboxylic acids is 4. The molecule has 458 valence electrons. The number of fused-ring (bicyclic) bond motifs is 20. The number of nitrogens with zero attached hydrogens (tertiary/aromatic N) is 6. The first-order chi connectivity index (χ1) is 43.7. The molecule has 0 unspecified atom stereocenters. The zero-order chi connectivity index (χ0) is 64.8. The van der Waals surface area contributed by atoms with Gasteiger partial charge in [-0.2, -0.15) is 0 Å². The summed E-state index contributed by atoms with van der Waals surface area (Å²) in [6.07, 6.45) is 0. The maximum absolute atomic E-state index is 14.2. The summed E-state index contributed by atoms with van der Waals surface area (Å²) < 4.78 is 123. The molecule has 0 fully saturated rings. The molecule has 0 saturated carbocycles. The van der Waals surface area contributed by atoms with E-state index < -0.39 is 64.0 Å². The topological polar surface area (TPSA) is 443 Å². The number of rotatable bonds is 16. The molecule has 0 aliphatic carbocycles. The van der Waals surface area contributed by atoms with Crippen LogP contribution in [-0.4, -0.2) is 118 Å². The number of H-pyrrole nitrogens is 2. The van der Waals surface area contributed by atoms with E-state index in [0.29, 0.717) is 0 Å². The fourth-order valence-corrected chi connectivity index (χ4v) is 14.3. The average Bonchev–Trinajstić information content (AvgIpc) is 1.59. The Morgan fingerprint density at radius 1 is 0.283 bits per heavy atom. The van der Waals surface area contributed by atoms with E-state index in [-0.39, 0.29) is 154 Å². The Kier molecular flexibility index (Phi) is 14.1. The number of aromatic amines is 2. The van der Waals surface area contributed by atoms with Crippen molar-refractivity contribution in [3.63, 3.8) is 0 Å². The van der Waals surface area contributed by atoms with Gasteiger partial charge in [0.2, 0.25) is 0 Å². The van der Waals surface area contributed by atoms with Crippen LogP contribution in [0.1, 0.15) is 41.4 Å². The Morgan fingerprint density at radius 3 is 0.793 bits per heavy atom. The summed E-state index contributed by atoms with van der Waals surface area (Å²) in [4.78, 5) is 80.6. The number of carbonyl (C=O) groups is 4. The summed E-state index contributed by atoms with van der Waals surface area (Å²) in [5.41, 5.74) is -0.0651. The number of aromatic nitrogens is 8. The summed E-state index contributed by atoms with van der Waals surface area (Å²) in [6, 6.07) is 35.4. The standard InChI is InChI=1S/C60H38N12O16S4/c73-57(74)29-1-9-33(10-2-29)69-89(81,82)37-17-21-41-45(25-37)53-61-49(41)66-54-47-27-39(91(85,86)71-35-13-5-31(6-14-35)59(77)78)19-23-43(47)51(63-54)68-56-48-28-40(92(87,88)72-36-15-7-32(8-16-36)60(79)80)20-24-44(48)52(64-56)67-55-46-26-38(18-22-42(46)50(62-55)65-53)90(83,84)70-34-11-3-30(4-12-34)58(75)76/h1-28,69-72H,(H,73,74)(H,75,76)(H,77,78)(H,79,80)(H2,61,62,63,64,65,66,67,68). The number of nitrogens with one attached hydrogen (secondary N) is 6. The molecule has 11 aromatic rings. The van der Waals surface area contributed by atoms with Crippen LogP contribution in [-0.2, 0) is 40.1 Å². The average molecular weight is 1310 g/mol. The van der Waals surface area contributed by atoms with Crippen molar-refractivity contribution >= 4 is 131 Å².